The van der Waals surface area contributed by atoms with Crippen molar-refractivity contribution in [1.82, 2.24) is 0 Å². The van der Waals surface area contributed by atoms with Gasteiger partial charge < -0.3 is 4.74 Å². The van der Waals surface area contributed by atoms with E-state index >= 15 is 0 Å². The molecule has 13 heavy (non-hydrogen) atoms. The average Bonchev–Trinajstić information content (AvgIpc) is 2.17. The fourth-order valence-corrected chi connectivity index (χ4v) is 1.60. The second kappa shape index (κ2) is 3.27. The van der Waals surface area contributed by atoms with E-state index in [1.54, 1.807) is 7.11 Å². The molecule has 0 unspecified atom stereocenters. The predicted octanol–water partition coefficient (Wildman–Crippen LogP) is 3.50. The van der Waals surface area contributed by atoms with Crippen LogP contribution < -0.4 is 4.74 Å². The van der Waals surface area contributed by atoms with Crippen molar-refractivity contribution in [3.8, 4) is 5.75 Å². The van der Waals surface area contributed by atoms with Crippen molar-refractivity contribution in [1.29, 1.82) is 0 Å². The Balaban J connectivity index is 2.74. The van der Waals surface area contributed by atoms with Gasteiger partial charge in [-0.2, -0.15) is 0 Å². The fraction of sp³-hybridized carbons (Fsp3) is 0.0909. The number of ether oxygens (including phenoxy) is 1. The lowest BCUT2D eigenvalue weighted by Crippen LogP contribution is -1.83. The Kier molecular flexibility index (Phi) is 2.11. The standard InChI is InChI=1S/C11H9ClO/c1-13-11-7-9-5-3-2-4-8(9)6-10(11)12/h2-7H,1H3. The Hall–Kier alpha value is -1.21. The molecule has 1 nitrogen and oxygen atoms in total. The molecule has 0 amide bonds. The molecule has 66 valence electrons. The first-order chi connectivity index (χ1) is 6.31. The summed E-state index contributed by atoms with van der Waals surface area (Å²) in [5.74, 6) is 0.723. The minimum atomic E-state index is 0.654. The molecular formula is C11H9ClO. The Labute approximate surface area is 81.9 Å². The van der Waals surface area contributed by atoms with Gasteiger partial charge >= 0.3 is 0 Å². The van der Waals surface area contributed by atoms with E-state index in [9.17, 15) is 0 Å². The Morgan fingerprint density at radius 2 is 1.69 bits per heavy atom. The molecule has 0 radical (unpaired) electrons. The zero-order valence-corrected chi connectivity index (χ0v) is 8.01. The highest BCUT2D eigenvalue weighted by Gasteiger charge is 2.01. The third-order valence-electron chi connectivity index (χ3n) is 2.02. The summed E-state index contributed by atoms with van der Waals surface area (Å²) in [4.78, 5) is 0. The maximum Gasteiger partial charge on any atom is 0.138 e. The lowest BCUT2D eigenvalue weighted by Gasteiger charge is -2.04. The van der Waals surface area contributed by atoms with Crippen molar-refractivity contribution in [2.45, 2.75) is 0 Å². The number of halogens is 1. The zero-order valence-electron chi connectivity index (χ0n) is 7.25. The fourth-order valence-electron chi connectivity index (χ4n) is 1.35. The number of rotatable bonds is 1. The summed E-state index contributed by atoms with van der Waals surface area (Å²) in [6.07, 6.45) is 0. The van der Waals surface area contributed by atoms with Gasteiger partial charge in [-0.15, -0.1) is 0 Å². The van der Waals surface area contributed by atoms with E-state index in [4.69, 9.17) is 16.3 Å². The van der Waals surface area contributed by atoms with E-state index in [-0.39, 0.29) is 0 Å². The Morgan fingerprint density at radius 3 is 2.31 bits per heavy atom. The van der Waals surface area contributed by atoms with Gasteiger partial charge in [-0.05, 0) is 22.9 Å². The third kappa shape index (κ3) is 1.47. The molecule has 0 atom stereocenters. The average molecular weight is 193 g/mol. The maximum atomic E-state index is 5.98. The Bertz CT molecular complexity index is 437. The van der Waals surface area contributed by atoms with Gasteiger partial charge in [0.1, 0.15) is 5.75 Å². The molecule has 0 fully saturated rings. The number of methoxy groups -OCH3 is 1. The molecule has 0 aliphatic rings. The topological polar surface area (TPSA) is 9.23 Å². The molecular weight excluding hydrogens is 184 g/mol. The van der Waals surface area contributed by atoms with Crippen LogP contribution in [0.5, 0.6) is 5.75 Å². The lowest BCUT2D eigenvalue weighted by molar-refractivity contribution is 0.415. The highest BCUT2D eigenvalue weighted by Crippen LogP contribution is 2.29. The van der Waals surface area contributed by atoms with Crippen LogP contribution in [0.25, 0.3) is 10.8 Å². The first-order valence-corrected chi connectivity index (χ1v) is 4.41. The predicted molar refractivity (Wildman–Crippen MR) is 55.5 cm³/mol. The summed E-state index contributed by atoms with van der Waals surface area (Å²) in [6, 6.07) is 11.9. The van der Waals surface area contributed by atoms with Crippen molar-refractivity contribution in [3.63, 3.8) is 0 Å². The molecule has 0 bridgehead atoms. The first-order valence-electron chi connectivity index (χ1n) is 4.03. The van der Waals surface area contributed by atoms with Gasteiger partial charge in [0, 0.05) is 0 Å². The minimum Gasteiger partial charge on any atom is -0.495 e. The molecule has 0 aliphatic carbocycles. The van der Waals surface area contributed by atoms with Crippen LogP contribution in [0.3, 0.4) is 0 Å². The van der Waals surface area contributed by atoms with E-state index in [2.05, 4.69) is 0 Å². The molecule has 2 rings (SSSR count). The van der Waals surface area contributed by atoms with Gasteiger partial charge in [-0.3, -0.25) is 0 Å². The van der Waals surface area contributed by atoms with Crippen LogP contribution in [0.1, 0.15) is 0 Å². The molecule has 2 aromatic rings. The lowest BCUT2D eigenvalue weighted by atomic mass is 10.1. The van der Waals surface area contributed by atoms with E-state index in [1.807, 2.05) is 36.4 Å². The van der Waals surface area contributed by atoms with Gasteiger partial charge in [0.2, 0.25) is 0 Å². The van der Waals surface area contributed by atoms with E-state index in [0.717, 1.165) is 16.5 Å². The van der Waals surface area contributed by atoms with Crippen molar-refractivity contribution in [3.05, 3.63) is 41.4 Å². The molecule has 0 aliphatic heterocycles. The molecule has 0 aromatic heterocycles. The second-order valence-corrected chi connectivity index (χ2v) is 3.24. The molecule has 0 saturated heterocycles. The van der Waals surface area contributed by atoms with Crippen molar-refractivity contribution < 1.29 is 4.74 Å². The largest absolute Gasteiger partial charge is 0.495 e. The normalized spacial score (nSPS) is 10.3. The summed E-state index contributed by atoms with van der Waals surface area (Å²) < 4.78 is 5.12. The van der Waals surface area contributed by atoms with Gasteiger partial charge in [-0.1, -0.05) is 35.9 Å². The van der Waals surface area contributed by atoms with Crippen molar-refractivity contribution in [2.75, 3.05) is 7.11 Å². The van der Waals surface area contributed by atoms with E-state index in [0.29, 0.717) is 5.02 Å². The van der Waals surface area contributed by atoms with Crippen molar-refractivity contribution in [2.24, 2.45) is 0 Å². The van der Waals surface area contributed by atoms with Crippen LogP contribution in [0.15, 0.2) is 36.4 Å². The highest BCUT2D eigenvalue weighted by atomic mass is 35.5. The Morgan fingerprint density at radius 1 is 1.08 bits per heavy atom. The van der Waals surface area contributed by atoms with E-state index in [1.165, 1.54) is 0 Å². The smallest absolute Gasteiger partial charge is 0.138 e. The van der Waals surface area contributed by atoms with Crippen LogP contribution in [-0.2, 0) is 0 Å². The zero-order chi connectivity index (χ0) is 9.26. The van der Waals surface area contributed by atoms with Crippen LogP contribution in [0.2, 0.25) is 5.02 Å². The van der Waals surface area contributed by atoms with Crippen LogP contribution in [-0.4, -0.2) is 7.11 Å². The van der Waals surface area contributed by atoms with Gasteiger partial charge in [0.15, 0.2) is 0 Å². The molecule has 2 heteroatoms. The number of hydrogen-bond acceptors (Lipinski definition) is 1. The van der Waals surface area contributed by atoms with Crippen LogP contribution >= 0.6 is 11.6 Å². The third-order valence-corrected chi connectivity index (χ3v) is 2.32. The van der Waals surface area contributed by atoms with Gasteiger partial charge in [0.05, 0.1) is 12.1 Å². The van der Waals surface area contributed by atoms with Crippen LogP contribution in [0.4, 0.5) is 0 Å². The van der Waals surface area contributed by atoms with Crippen molar-refractivity contribution >= 4 is 22.4 Å². The number of fused-ring (bicyclic) bond motifs is 1. The highest BCUT2D eigenvalue weighted by molar-refractivity contribution is 6.32. The first kappa shape index (κ1) is 8.39. The van der Waals surface area contributed by atoms with Crippen LogP contribution in [0, 0.1) is 0 Å². The number of hydrogen-bond donors (Lipinski definition) is 0. The minimum absolute atomic E-state index is 0.654. The van der Waals surface area contributed by atoms with Gasteiger partial charge in [-0.25, -0.2) is 0 Å². The molecule has 0 heterocycles. The monoisotopic (exact) mass is 192 g/mol. The maximum absolute atomic E-state index is 5.98. The molecule has 0 spiro atoms. The van der Waals surface area contributed by atoms with Gasteiger partial charge in [0.25, 0.3) is 0 Å². The molecule has 2 aromatic carbocycles. The number of benzene rings is 2. The summed E-state index contributed by atoms with van der Waals surface area (Å²) in [6.45, 7) is 0. The molecule has 0 saturated carbocycles. The summed E-state index contributed by atoms with van der Waals surface area (Å²) in [5.41, 5.74) is 0. The summed E-state index contributed by atoms with van der Waals surface area (Å²) >= 11 is 5.98. The summed E-state index contributed by atoms with van der Waals surface area (Å²) in [7, 11) is 1.62. The second-order valence-electron chi connectivity index (χ2n) is 2.83. The molecule has 0 N–H and O–H groups in total. The SMILES string of the molecule is COc1cc2ccccc2cc1Cl. The summed E-state index contributed by atoms with van der Waals surface area (Å²) in [5, 5.41) is 2.93. The van der Waals surface area contributed by atoms with E-state index < -0.39 is 0 Å². The quantitative estimate of drug-likeness (QED) is 0.672.